The zero-order chi connectivity index (χ0) is 20.5. The molecule has 4 rings (SSSR count). The number of halogens is 2. The Morgan fingerprint density at radius 2 is 2.03 bits per heavy atom. The highest BCUT2D eigenvalue weighted by molar-refractivity contribution is 6.42. The first-order valence-corrected chi connectivity index (χ1v) is 10.3. The van der Waals surface area contributed by atoms with Crippen LogP contribution < -0.4 is 20.7 Å². The van der Waals surface area contributed by atoms with E-state index < -0.39 is 0 Å². The van der Waals surface area contributed by atoms with Crippen molar-refractivity contribution in [3.8, 4) is 16.9 Å². The van der Waals surface area contributed by atoms with E-state index in [9.17, 15) is 0 Å². The number of nitrogens with one attached hydrogen (secondary N) is 3. The van der Waals surface area contributed by atoms with Crippen LogP contribution in [0.4, 0.5) is 11.6 Å². The van der Waals surface area contributed by atoms with Gasteiger partial charge in [-0.25, -0.2) is 9.97 Å². The molecule has 1 aliphatic heterocycles. The maximum Gasteiger partial charge on any atom is 0.223 e. The van der Waals surface area contributed by atoms with E-state index in [1.165, 1.54) is 0 Å². The number of fused-ring (bicyclic) bond motifs is 1. The van der Waals surface area contributed by atoms with Gasteiger partial charge in [0.2, 0.25) is 5.95 Å². The number of anilines is 2. The van der Waals surface area contributed by atoms with Crippen LogP contribution in [0.1, 0.15) is 13.3 Å². The Balaban J connectivity index is 1.70. The Morgan fingerprint density at radius 1 is 1.21 bits per heavy atom. The number of ether oxygens (including phenoxy) is 1. The van der Waals surface area contributed by atoms with Crippen molar-refractivity contribution in [3.63, 3.8) is 0 Å². The molecule has 3 N–H and O–H groups in total. The van der Waals surface area contributed by atoms with Crippen LogP contribution in [0.15, 0.2) is 30.5 Å². The first-order valence-electron chi connectivity index (χ1n) is 9.51. The zero-order valence-electron chi connectivity index (χ0n) is 16.5. The molecular weight excluding hydrogens is 409 g/mol. The van der Waals surface area contributed by atoms with Crippen molar-refractivity contribution in [1.82, 2.24) is 15.3 Å². The Morgan fingerprint density at radius 3 is 2.72 bits per heavy atom. The second kappa shape index (κ2) is 8.22. The molecular formula is C21H23Cl2N5O. The van der Waals surface area contributed by atoms with Gasteiger partial charge in [0, 0.05) is 48.9 Å². The van der Waals surface area contributed by atoms with Gasteiger partial charge in [-0.2, -0.15) is 0 Å². The number of methoxy groups -OCH3 is 1. The molecule has 0 amide bonds. The van der Waals surface area contributed by atoms with Gasteiger partial charge >= 0.3 is 0 Å². The Labute approximate surface area is 180 Å². The van der Waals surface area contributed by atoms with Crippen molar-refractivity contribution >= 4 is 45.7 Å². The van der Waals surface area contributed by atoms with E-state index in [-0.39, 0.29) is 0 Å². The molecule has 152 valence electrons. The Bertz CT molecular complexity index is 1030. The monoisotopic (exact) mass is 431 g/mol. The van der Waals surface area contributed by atoms with Crippen molar-refractivity contribution in [2.45, 2.75) is 25.4 Å². The molecule has 0 spiro atoms. The summed E-state index contributed by atoms with van der Waals surface area (Å²) in [6.45, 7) is 3.10. The number of benzene rings is 2. The van der Waals surface area contributed by atoms with Crippen molar-refractivity contribution in [2.24, 2.45) is 0 Å². The quantitative estimate of drug-likeness (QED) is 0.537. The van der Waals surface area contributed by atoms with Crippen molar-refractivity contribution < 1.29 is 4.74 Å². The summed E-state index contributed by atoms with van der Waals surface area (Å²) in [4.78, 5) is 9.15. The largest absolute Gasteiger partial charge is 0.495 e. The molecule has 1 aliphatic rings. The minimum Gasteiger partial charge on any atom is -0.495 e. The summed E-state index contributed by atoms with van der Waals surface area (Å²) in [7, 11) is 3.39. The van der Waals surface area contributed by atoms with Crippen molar-refractivity contribution in [3.05, 3.63) is 40.5 Å². The first-order chi connectivity index (χ1) is 14.0. The zero-order valence-corrected chi connectivity index (χ0v) is 18.0. The van der Waals surface area contributed by atoms with Crippen molar-refractivity contribution in [2.75, 3.05) is 31.3 Å². The van der Waals surface area contributed by atoms with Crippen LogP contribution in [0.3, 0.4) is 0 Å². The lowest BCUT2D eigenvalue weighted by molar-refractivity contribution is 0.415. The van der Waals surface area contributed by atoms with Crippen LogP contribution in [0.2, 0.25) is 10.0 Å². The second-order valence-electron chi connectivity index (χ2n) is 7.23. The van der Waals surface area contributed by atoms with Gasteiger partial charge < -0.3 is 20.7 Å². The molecule has 2 aromatic carbocycles. The van der Waals surface area contributed by atoms with Gasteiger partial charge in [-0.1, -0.05) is 29.3 Å². The molecule has 0 saturated carbocycles. The maximum atomic E-state index is 6.61. The number of hydrogen-bond donors (Lipinski definition) is 3. The molecule has 0 unspecified atom stereocenters. The fourth-order valence-electron chi connectivity index (χ4n) is 3.68. The van der Waals surface area contributed by atoms with Gasteiger partial charge in [-0.3, -0.25) is 0 Å². The van der Waals surface area contributed by atoms with Crippen molar-refractivity contribution in [1.29, 1.82) is 0 Å². The van der Waals surface area contributed by atoms with Gasteiger partial charge in [0.15, 0.2) is 0 Å². The van der Waals surface area contributed by atoms with E-state index in [4.69, 9.17) is 27.9 Å². The average Bonchev–Trinajstić information content (AvgIpc) is 3.13. The lowest BCUT2D eigenvalue weighted by Crippen LogP contribution is -2.23. The number of aromatic nitrogens is 2. The summed E-state index contributed by atoms with van der Waals surface area (Å²) in [6.07, 6.45) is 2.88. The van der Waals surface area contributed by atoms with Crippen LogP contribution in [-0.2, 0) is 0 Å². The van der Waals surface area contributed by atoms with E-state index >= 15 is 0 Å². The maximum absolute atomic E-state index is 6.61. The molecule has 2 heterocycles. The third kappa shape index (κ3) is 3.92. The molecule has 0 aliphatic carbocycles. The summed E-state index contributed by atoms with van der Waals surface area (Å²) in [6, 6.07) is 8.55. The van der Waals surface area contributed by atoms with E-state index in [0.29, 0.717) is 39.4 Å². The Hall–Kier alpha value is -2.28. The minimum absolute atomic E-state index is 0.344. The van der Waals surface area contributed by atoms with E-state index in [2.05, 4.69) is 32.8 Å². The summed E-state index contributed by atoms with van der Waals surface area (Å²) in [5, 5.41) is 11.8. The standard InChI is InChI=1S/C21H23Cl2N5O/c1-11-6-14(10-25-11)27-21-26-9-13-7-12(4-5-15(13)28-21)18-19(22)16(24-2)8-17(29-3)20(18)23/h4-5,7-9,11,14,24-25H,6,10H2,1-3H3,(H,26,27,28)/t11-,14+/m1/s1. The third-order valence-electron chi connectivity index (χ3n) is 5.21. The summed E-state index contributed by atoms with van der Waals surface area (Å²) in [5.74, 6) is 1.20. The predicted octanol–water partition coefficient (Wildman–Crippen LogP) is 4.82. The van der Waals surface area contributed by atoms with Crippen LogP contribution in [0, 0.1) is 0 Å². The molecule has 8 heteroatoms. The molecule has 1 fully saturated rings. The molecule has 1 saturated heterocycles. The SMILES string of the molecule is CNc1cc(OC)c(Cl)c(-c2ccc3nc(N[C@@H]4CN[C@H](C)C4)ncc3c2)c1Cl. The van der Waals surface area contributed by atoms with Crippen LogP contribution in [0.25, 0.3) is 22.0 Å². The highest BCUT2D eigenvalue weighted by Crippen LogP contribution is 2.45. The highest BCUT2D eigenvalue weighted by atomic mass is 35.5. The van der Waals surface area contributed by atoms with Gasteiger partial charge in [-0.05, 0) is 31.0 Å². The lowest BCUT2D eigenvalue weighted by Gasteiger charge is -2.16. The summed E-state index contributed by atoms with van der Waals surface area (Å²) >= 11 is 13.2. The van der Waals surface area contributed by atoms with Crippen LogP contribution in [-0.4, -0.2) is 42.8 Å². The van der Waals surface area contributed by atoms with Crippen LogP contribution >= 0.6 is 23.2 Å². The molecule has 1 aromatic heterocycles. The molecule has 6 nitrogen and oxygen atoms in total. The summed E-state index contributed by atoms with van der Waals surface area (Å²) in [5.41, 5.74) is 3.20. The number of nitrogens with zero attached hydrogens (tertiary/aromatic N) is 2. The fourth-order valence-corrected chi connectivity index (χ4v) is 4.42. The topological polar surface area (TPSA) is 71.1 Å². The fraction of sp³-hybridized carbons (Fsp3) is 0.333. The minimum atomic E-state index is 0.344. The van der Waals surface area contributed by atoms with Crippen LogP contribution in [0.5, 0.6) is 5.75 Å². The molecule has 2 atom stereocenters. The molecule has 0 bridgehead atoms. The molecule has 29 heavy (non-hydrogen) atoms. The van der Waals surface area contributed by atoms with E-state index in [0.717, 1.165) is 35.1 Å². The van der Waals surface area contributed by atoms with E-state index in [1.54, 1.807) is 13.2 Å². The lowest BCUT2D eigenvalue weighted by atomic mass is 10.0. The van der Waals surface area contributed by atoms with Gasteiger partial charge in [0.05, 0.1) is 28.4 Å². The van der Waals surface area contributed by atoms with Gasteiger partial charge in [-0.15, -0.1) is 0 Å². The van der Waals surface area contributed by atoms with Gasteiger partial charge in [0.25, 0.3) is 0 Å². The third-order valence-corrected chi connectivity index (χ3v) is 5.98. The van der Waals surface area contributed by atoms with Gasteiger partial charge in [0.1, 0.15) is 5.75 Å². The number of rotatable bonds is 5. The highest BCUT2D eigenvalue weighted by Gasteiger charge is 2.21. The normalized spacial score (nSPS) is 18.8. The van der Waals surface area contributed by atoms with E-state index in [1.807, 2.05) is 31.4 Å². The first kappa shape index (κ1) is 20.0. The average molecular weight is 432 g/mol. The molecule has 3 aromatic rings. The number of hydrogen-bond acceptors (Lipinski definition) is 6. The Kier molecular flexibility index (Phi) is 5.67. The second-order valence-corrected chi connectivity index (χ2v) is 7.99. The smallest absolute Gasteiger partial charge is 0.223 e. The molecule has 0 radical (unpaired) electrons. The summed E-state index contributed by atoms with van der Waals surface area (Å²) < 4.78 is 5.41. The predicted molar refractivity (Wildman–Crippen MR) is 121 cm³/mol.